The highest BCUT2D eigenvalue weighted by Gasteiger charge is 2.52. The summed E-state index contributed by atoms with van der Waals surface area (Å²) in [6, 6.07) is 6.72. The number of nitrogens with one attached hydrogen (secondary N) is 3. The van der Waals surface area contributed by atoms with Gasteiger partial charge in [0, 0.05) is 12.8 Å². The van der Waals surface area contributed by atoms with E-state index in [0.717, 1.165) is 31.2 Å². The molecule has 0 aromatic heterocycles. The second-order valence-corrected chi connectivity index (χ2v) is 15.8. The lowest BCUT2D eigenvalue weighted by atomic mass is 9.84. The maximum absolute atomic E-state index is 14.2. The average Bonchev–Trinajstić information content (AvgIpc) is 3.44. The summed E-state index contributed by atoms with van der Waals surface area (Å²) in [6.45, 7) is 14.3. The van der Waals surface area contributed by atoms with Crippen LogP contribution in [0.15, 0.2) is 30.3 Å². The Morgan fingerprint density at radius 1 is 0.959 bits per heavy atom. The average molecular weight is 688 g/mol. The number of carbonyl (C=O) groups is 4. The van der Waals surface area contributed by atoms with E-state index in [4.69, 9.17) is 9.47 Å². The molecule has 2 unspecified atom stereocenters. The van der Waals surface area contributed by atoms with Gasteiger partial charge < -0.3 is 25.2 Å². The van der Waals surface area contributed by atoms with Crippen molar-refractivity contribution in [3.63, 3.8) is 0 Å². The van der Waals surface area contributed by atoms with Crippen LogP contribution < -0.4 is 16.1 Å². The smallest absolute Gasteiger partial charge is 0.408 e. The van der Waals surface area contributed by atoms with Gasteiger partial charge in [0.1, 0.15) is 24.8 Å². The summed E-state index contributed by atoms with van der Waals surface area (Å²) in [4.78, 5) is 53.6. The molecule has 1 saturated heterocycles. The first kappa shape index (κ1) is 40.3. The van der Waals surface area contributed by atoms with Gasteiger partial charge in [-0.15, -0.1) is 0 Å². The molecule has 49 heavy (non-hydrogen) atoms. The zero-order valence-electron chi connectivity index (χ0n) is 31.0. The first-order chi connectivity index (χ1) is 23.1. The molecule has 6 atom stereocenters. The lowest BCUT2D eigenvalue weighted by Crippen LogP contribution is -2.71. The largest absolute Gasteiger partial charge is 0.480 e. The van der Waals surface area contributed by atoms with Crippen LogP contribution in [0.3, 0.4) is 0 Å². The van der Waals surface area contributed by atoms with Crippen molar-refractivity contribution < 1.29 is 38.4 Å². The standard InChI is InChI=1S/C38H62N4O7/c1-8-27(4)33(35(44)45)41-42(21-15-20-32(42)36(46)48-25-29-18-13-10-14-19-29)24-30(22-26(2)3)39-34(43)31(23-28-16-11-9-12-17-28)40-37(47)49-38(5,6)7/h10,13-14,18-19,26-28,30-33,41H,8-9,11-12,15-17,20-25H2,1-7H3,(H2-,39,40,43,44,45,47)/p+1/t27-,30?,31-,32-,33-,42?/m0/s1. The van der Waals surface area contributed by atoms with Gasteiger partial charge in [-0.05, 0) is 56.9 Å². The summed E-state index contributed by atoms with van der Waals surface area (Å²) in [5, 5.41) is 16.5. The normalized spacial score (nSPS) is 22.5. The van der Waals surface area contributed by atoms with Gasteiger partial charge in [-0.3, -0.25) is 9.59 Å². The summed E-state index contributed by atoms with van der Waals surface area (Å²) < 4.78 is 11.4. The molecule has 1 aliphatic carbocycles. The van der Waals surface area contributed by atoms with Crippen molar-refractivity contribution in [1.29, 1.82) is 0 Å². The second kappa shape index (κ2) is 18.7. The zero-order chi connectivity index (χ0) is 36.2. The maximum atomic E-state index is 14.2. The lowest BCUT2D eigenvalue weighted by Gasteiger charge is -2.43. The van der Waals surface area contributed by atoms with E-state index in [1.165, 1.54) is 6.42 Å². The van der Waals surface area contributed by atoms with Crippen molar-refractivity contribution in [3.05, 3.63) is 35.9 Å². The quantitative estimate of drug-likeness (QED) is 0.114. The van der Waals surface area contributed by atoms with Crippen LogP contribution in [0.1, 0.15) is 118 Å². The first-order valence-electron chi connectivity index (χ1n) is 18.5. The van der Waals surface area contributed by atoms with Gasteiger partial charge in [0.2, 0.25) is 11.9 Å². The number of amides is 2. The number of hydrogen-bond donors (Lipinski definition) is 4. The fourth-order valence-electron chi connectivity index (χ4n) is 7.36. The van der Waals surface area contributed by atoms with Gasteiger partial charge >= 0.3 is 18.0 Å². The molecule has 276 valence electrons. The predicted molar refractivity (Wildman–Crippen MR) is 189 cm³/mol. The molecule has 2 aliphatic rings. The van der Waals surface area contributed by atoms with Gasteiger partial charge in [0.05, 0.1) is 12.6 Å². The Bertz CT molecular complexity index is 1210. The number of carboxylic acids is 1. The summed E-state index contributed by atoms with van der Waals surface area (Å²) in [6.07, 6.45) is 7.76. The first-order valence-corrected chi connectivity index (χ1v) is 18.5. The molecule has 2 amide bonds. The van der Waals surface area contributed by atoms with Gasteiger partial charge in [-0.25, -0.2) is 14.2 Å². The molecule has 3 rings (SSSR count). The molecule has 0 radical (unpaired) electrons. The molecule has 1 aliphatic heterocycles. The Labute approximate surface area is 293 Å². The van der Waals surface area contributed by atoms with Crippen molar-refractivity contribution in [3.8, 4) is 0 Å². The van der Waals surface area contributed by atoms with Gasteiger partial charge in [-0.1, -0.05) is 96.6 Å². The summed E-state index contributed by atoms with van der Waals surface area (Å²) in [5.74, 6) is -1.36. The lowest BCUT2D eigenvalue weighted by molar-refractivity contribution is -0.976. The number of aliphatic carboxylic acids is 1. The number of quaternary nitrogens is 1. The zero-order valence-corrected chi connectivity index (χ0v) is 31.0. The van der Waals surface area contributed by atoms with Crippen molar-refractivity contribution in [2.45, 2.75) is 149 Å². The van der Waals surface area contributed by atoms with Crippen LogP contribution >= 0.6 is 0 Å². The van der Waals surface area contributed by atoms with Crippen molar-refractivity contribution in [2.75, 3.05) is 13.1 Å². The van der Waals surface area contributed by atoms with Crippen LogP contribution in [0.5, 0.6) is 0 Å². The van der Waals surface area contributed by atoms with Gasteiger partial charge in [-0.2, -0.15) is 5.43 Å². The number of likely N-dealkylation sites (tertiary alicyclic amines) is 1. The third-order valence-corrected chi connectivity index (χ3v) is 9.95. The van der Waals surface area contributed by atoms with Crippen LogP contribution in [-0.4, -0.2) is 76.5 Å². The monoisotopic (exact) mass is 687 g/mol. The van der Waals surface area contributed by atoms with Crippen molar-refractivity contribution in [2.24, 2.45) is 17.8 Å². The van der Waals surface area contributed by atoms with E-state index in [1.54, 1.807) is 20.8 Å². The number of esters is 1. The Hall–Kier alpha value is -3.18. The highest BCUT2D eigenvalue weighted by atomic mass is 16.6. The summed E-state index contributed by atoms with van der Waals surface area (Å²) in [5.41, 5.74) is 3.59. The molecule has 0 bridgehead atoms. The number of carbonyl (C=O) groups excluding carboxylic acids is 3. The molecule has 1 heterocycles. The highest BCUT2D eigenvalue weighted by Crippen LogP contribution is 2.31. The second-order valence-electron chi connectivity index (χ2n) is 15.8. The van der Waals surface area contributed by atoms with Gasteiger partial charge in [0.15, 0.2) is 6.04 Å². The molecule has 11 nitrogen and oxygen atoms in total. The van der Waals surface area contributed by atoms with E-state index >= 15 is 0 Å². The Kier molecular flexibility index (Phi) is 15.4. The number of hydrogen-bond acceptors (Lipinski definition) is 7. The van der Waals surface area contributed by atoms with Crippen molar-refractivity contribution in [1.82, 2.24) is 16.1 Å². The summed E-state index contributed by atoms with van der Waals surface area (Å²) in [7, 11) is 0. The number of benzene rings is 1. The van der Waals surface area contributed by atoms with E-state index in [1.807, 2.05) is 44.2 Å². The number of alkyl carbamates (subject to hydrolysis) is 1. The fraction of sp³-hybridized carbons (Fsp3) is 0.737. The molecule has 4 N–H and O–H groups in total. The Morgan fingerprint density at radius 3 is 2.22 bits per heavy atom. The molecule has 1 aromatic carbocycles. The van der Waals surface area contributed by atoms with E-state index in [9.17, 15) is 24.3 Å². The van der Waals surface area contributed by atoms with Crippen LogP contribution in [0.2, 0.25) is 0 Å². The maximum Gasteiger partial charge on any atom is 0.408 e. The molecule has 1 aromatic rings. The molecule has 2 fully saturated rings. The summed E-state index contributed by atoms with van der Waals surface area (Å²) >= 11 is 0. The van der Waals surface area contributed by atoms with E-state index in [0.29, 0.717) is 44.6 Å². The third-order valence-electron chi connectivity index (χ3n) is 9.95. The van der Waals surface area contributed by atoms with E-state index in [2.05, 4.69) is 29.9 Å². The topological polar surface area (TPSA) is 143 Å². The SMILES string of the molecule is CC[C@H](C)[C@H](N[N+]1(CC(CC(C)C)NC(=O)[C@H](CC2CCCCC2)NC(=O)OC(C)(C)C)CCC[C@H]1C(=O)OCc1ccccc1)C(=O)O. The molecule has 11 heteroatoms. The van der Waals surface area contributed by atoms with E-state index < -0.39 is 47.8 Å². The predicted octanol–water partition coefficient (Wildman–Crippen LogP) is 6.11. The van der Waals surface area contributed by atoms with Crippen LogP contribution in [0, 0.1) is 17.8 Å². The minimum Gasteiger partial charge on any atom is -0.480 e. The molecular formula is C38H63N4O7+. The Balaban J connectivity index is 1.92. The van der Waals surface area contributed by atoms with Gasteiger partial charge in [0.25, 0.3) is 0 Å². The van der Waals surface area contributed by atoms with Crippen molar-refractivity contribution >= 4 is 23.9 Å². The molecule has 0 spiro atoms. The molecular weight excluding hydrogens is 624 g/mol. The van der Waals surface area contributed by atoms with Crippen LogP contribution in [-0.2, 0) is 30.5 Å². The number of nitrogens with zero attached hydrogens (tertiary/aromatic N) is 1. The van der Waals surface area contributed by atoms with Crippen LogP contribution in [0.25, 0.3) is 0 Å². The number of carboxylic acid groups (broad SMARTS) is 1. The minimum absolute atomic E-state index is 0.000613. The van der Waals surface area contributed by atoms with Crippen LogP contribution in [0.4, 0.5) is 4.79 Å². The minimum atomic E-state index is -0.978. The number of rotatable bonds is 17. The third kappa shape index (κ3) is 12.9. The number of ether oxygens (including phenoxy) is 2. The fourth-order valence-corrected chi connectivity index (χ4v) is 7.36. The highest BCUT2D eigenvalue weighted by molar-refractivity contribution is 5.86. The Morgan fingerprint density at radius 2 is 1.63 bits per heavy atom. The van der Waals surface area contributed by atoms with E-state index in [-0.39, 0.29) is 35.5 Å². The molecule has 1 saturated carbocycles.